The number of Topliss-reactive ketones (excluding diaryl/α,β-unsaturated/α-hetero) is 1. The molecule has 1 aromatic carbocycles. The van der Waals surface area contributed by atoms with Crippen LogP contribution >= 0.6 is 0 Å². The van der Waals surface area contributed by atoms with Gasteiger partial charge in [0, 0.05) is 32.4 Å². The molecule has 0 saturated heterocycles. The SMILES string of the molecule is CCCNC(=O)/C(=C/N(C)C)C(=O)c1ccccc1C. The number of hydrogen-bond donors (Lipinski definition) is 1. The first-order valence-electron chi connectivity index (χ1n) is 6.74. The zero-order valence-corrected chi connectivity index (χ0v) is 12.6. The van der Waals surface area contributed by atoms with Crippen LogP contribution in [0.3, 0.4) is 0 Å². The molecule has 4 nitrogen and oxygen atoms in total. The maximum atomic E-state index is 12.5. The van der Waals surface area contributed by atoms with Crippen molar-refractivity contribution < 1.29 is 9.59 Å². The van der Waals surface area contributed by atoms with Gasteiger partial charge in [-0.25, -0.2) is 0 Å². The predicted octanol–water partition coefficient (Wildman–Crippen LogP) is 2.15. The largest absolute Gasteiger partial charge is 0.383 e. The molecule has 0 saturated carbocycles. The number of amides is 1. The number of carbonyl (C=O) groups is 2. The van der Waals surface area contributed by atoms with E-state index in [1.165, 1.54) is 0 Å². The highest BCUT2D eigenvalue weighted by atomic mass is 16.2. The molecular weight excluding hydrogens is 252 g/mol. The molecule has 0 unspecified atom stereocenters. The summed E-state index contributed by atoms with van der Waals surface area (Å²) < 4.78 is 0. The first-order valence-corrected chi connectivity index (χ1v) is 6.74. The lowest BCUT2D eigenvalue weighted by molar-refractivity contribution is -0.117. The number of rotatable bonds is 6. The molecule has 4 heteroatoms. The Kier molecular flexibility index (Phi) is 5.97. The van der Waals surface area contributed by atoms with E-state index < -0.39 is 0 Å². The lowest BCUT2D eigenvalue weighted by Gasteiger charge is -2.12. The first kappa shape index (κ1) is 16.0. The number of hydrogen-bond acceptors (Lipinski definition) is 3. The van der Waals surface area contributed by atoms with Gasteiger partial charge in [0.2, 0.25) is 0 Å². The van der Waals surface area contributed by atoms with E-state index >= 15 is 0 Å². The van der Waals surface area contributed by atoms with Crippen molar-refractivity contribution in [3.05, 3.63) is 47.2 Å². The van der Waals surface area contributed by atoms with Crippen molar-refractivity contribution in [2.24, 2.45) is 0 Å². The van der Waals surface area contributed by atoms with E-state index in [-0.39, 0.29) is 17.3 Å². The molecule has 0 atom stereocenters. The van der Waals surface area contributed by atoms with Gasteiger partial charge in [-0.2, -0.15) is 0 Å². The molecule has 0 radical (unpaired) electrons. The Balaban J connectivity index is 3.09. The summed E-state index contributed by atoms with van der Waals surface area (Å²) in [4.78, 5) is 26.4. The fraction of sp³-hybridized carbons (Fsp3) is 0.375. The van der Waals surface area contributed by atoms with Gasteiger partial charge < -0.3 is 10.2 Å². The highest BCUT2D eigenvalue weighted by molar-refractivity contribution is 6.25. The van der Waals surface area contributed by atoms with Crippen LogP contribution < -0.4 is 5.32 Å². The molecule has 0 aromatic heterocycles. The van der Waals surface area contributed by atoms with E-state index in [9.17, 15) is 9.59 Å². The van der Waals surface area contributed by atoms with Crippen molar-refractivity contribution in [1.29, 1.82) is 0 Å². The van der Waals surface area contributed by atoms with Gasteiger partial charge in [-0.05, 0) is 18.9 Å². The predicted molar refractivity (Wildman–Crippen MR) is 80.6 cm³/mol. The Morgan fingerprint density at radius 1 is 1.25 bits per heavy atom. The Labute approximate surface area is 120 Å². The quantitative estimate of drug-likeness (QED) is 0.374. The van der Waals surface area contributed by atoms with Gasteiger partial charge in [-0.1, -0.05) is 31.2 Å². The summed E-state index contributed by atoms with van der Waals surface area (Å²) in [6.45, 7) is 4.40. The van der Waals surface area contributed by atoms with Crippen molar-refractivity contribution in [1.82, 2.24) is 10.2 Å². The third-order valence-electron chi connectivity index (χ3n) is 2.80. The van der Waals surface area contributed by atoms with Crippen molar-refractivity contribution in [2.75, 3.05) is 20.6 Å². The molecule has 0 aliphatic heterocycles. The number of nitrogens with zero attached hydrogens (tertiary/aromatic N) is 1. The molecule has 20 heavy (non-hydrogen) atoms. The van der Waals surface area contributed by atoms with E-state index in [1.54, 1.807) is 37.3 Å². The van der Waals surface area contributed by atoms with Crippen LogP contribution in [-0.4, -0.2) is 37.2 Å². The topological polar surface area (TPSA) is 49.4 Å². The average Bonchev–Trinajstić information content (AvgIpc) is 2.41. The number of ketones is 1. The summed E-state index contributed by atoms with van der Waals surface area (Å²) in [6.07, 6.45) is 2.40. The molecule has 108 valence electrons. The van der Waals surface area contributed by atoms with Crippen LogP contribution in [0.1, 0.15) is 29.3 Å². The third-order valence-corrected chi connectivity index (χ3v) is 2.80. The second-order valence-corrected chi connectivity index (χ2v) is 4.91. The first-order chi connectivity index (χ1) is 9.47. The lowest BCUT2D eigenvalue weighted by atomic mass is 9.99. The van der Waals surface area contributed by atoms with Gasteiger partial charge in [0.15, 0.2) is 5.78 Å². The molecule has 0 fully saturated rings. The number of benzene rings is 1. The summed E-state index contributed by atoms with van der Waals surface area (Å²) >= 11 is 0. The summed E-state index contributed by atoms with van der Waals surface area (Å²) in [5.41, 5.74) is 1.59. The number of carbonyl (C=O) groups excluding carboxylic acids is 2. The Morgan fingerprint density at radius 3 is 2.45 bits per heavy atom. The fourth-order valence-corrected chi connectivity index (χ4v) is 1.79. The average molecular weight is 274 g/mol. The van der Waals surface area contributed by atoms with Gasteiger partial charge in [0.05, 0.1) is 0 Å². The van der Waals surface area contributed by atoms with Crippen LogP contribution in [0, 0.1) is 6.92 Å². The summed E-state index contributed by atoms with van der Waals surface area (Å²) in [5, 5.41) is 2.75. The molecule has 1 aromatic rings. The van der Waals surface area contributed by atoms with Gasteiger partial charge in [-0.3, -0.25) is 9.59 Å². The van der Waals surface area contributed by atoms with Crippen LogP contribution in [-0.2, 0) is 4.79 Å². The van der Waals surface area contributed by atoms with Crippen molar-refractivity contribution in [3.8, 4) is 0 Å². The zero-order valence-electron chi connectivity index (χ0n) is 12.6. The molecule has 0 aliphatic carbocycles. The second-order valence-electron chi connectivity index (χ2n) is 4.91. The maximum Gasteiger partial charge on any atom is 0.256 e. The summed E-state index contributed by atoms with van der Waals surface area (Å²) in [6, 6.07) is 7.29. The highest BCUT2D eigenvalue weighted by Crippen LogP contribution is 2.13. The maximum absolute atomic E-state index is 12.5. The van der Waals surface area contributed by atoms with Crippen LogP contribution in [0.4, 0.5) is 0 Å². The van der Waals surface area contributed by atoms with E-state index in [4.69, 9.17) is 0 Å². The van der Waals surface area contributed by atoms with Gasteiger partial charge in [0.1, 0.15) is 5.57 Å². The molecule has 0 heterocycles. The second kappa shape index (κ2) is 7.48. The smallest absolute Gasteiger partial charge is 0.256 e. The van der Waals surface area contributed by atoms with Crippen LogP contribution in [0.5, 0.6) is 0 Å². The van der Waals surface area contributed by atoms with E-state index in [0.717, 1.165) is 12.0 Å². The van der Waals surface area contributed by atoms with E-state index in [0.29, 0.717) is 12.1 Å². The van der Waals surface area contributed by atoms with Gasteiger partial charge in [0.25, 0.3) is 5.91 Å². The molecular formula is C16H22N2O2. The zero-order chi connectivity index (χ0) is 15.1. The van der Waals surface area contributed by atoms with Crippen LogP contribution in [0.2, 0.25) is 0 Å². The van der Waals surface area contributed by atoms with Gasteiger partial charge >= 0.3 is 0 Å². The highest BCUT2D eigenvalue weighted by Gasteiger charge is 2.21. The van der Waals surface area contributed by atoms with Crippen LogP contribution in [0.15, 0.2) is 36.0 Å². The third kappa shape index (κ3) is 4.23. The Morgan fingerprint density at radius 2 is 1.90 bits per heavy atom. The fourth-order valence-electron chi connectivity index (χ4n) is 1.79. The minimum atomic E-state index is -0.325. The van der Waals surface area contributed by atoms with Crippen molar-refractivity contribution in [3.63, 3.8) is 0 Å². The minimum Gasteiger partial charge on any atom is -0.383 e. The van der Waals surface area contributed by atoms with Crippen LogP contribution in [0.25, 0.3) is 0 Å². The van der Waals surface area contributed by atoms with Crippen molar-refractivity contribution in [2.45, 2.75) is 20.3 Å². The number of nitrogens with one attached hydrogen (secondary N) is 1. The van der Waals surface area contributed by atoms with E-state index in [1.807, 2.05) is 26.0 Å². The molecule has 1 rings (SSSR count). The normalized spacial score (nSPS) is 11.1. The molecule has 1 N–H and O–H groups in total. The monoisotopic (exact) mass is 274 g/mol. The van der Waals surface area contributed by atoms with Crippen molar-refractivity contribution >= 4 is 11.7 Å². The lowest BCUT2D eigenvalue weighted by Crippen LogP contribution is -2.30. The molecule has 0 aliphatic rings. The Bertz CT molecular complexity index is 519. The minimum absolute atomic E-state index is 0.165. The molecule has 0 spiro atoms. The standard InChI is InChI=1S/C16H22N2O2/c1-5-10-17-16(20)14(11-18(3)4)15(19)13-9-7-6-8-12(13)2/h6-9,11H,5,10H2,1-4H3,(H,17,20)/b14-11+. The summed E-state index contributed by atoms with van der Waals surface area (Å²) in [5.74, 6) is -0.570. The summed E-state index contributed by atoms with van der Waals surface area (Å²) in [7, 11) is 3.58. The van der Waals surface area contributed by atoms with Gasteiger partial charge in [-0.15, -0.1) is 0 Å². The van der Waals surface area contributed by atoms with E-state index in [2.05, 4.69) is 5.32 Å². The molecule has 0 bridgehead atoms. The number of aryl methyl sites for hydroxylation is 1. The molecule has 1 amide bonds. The Hall–Kier alpha value is -2.10.